The Morgan fingerprint density at radius 3 is 2.49 bits per heavy atom. The van der Waals surface area contributed by atoms with Gasteiger partial charge in [0, 0.05) is 24.8 Å². The minimum absolute atomic E-state index is 0.362. The van der Waals surface area contributed by atoms with Crippen LogP contribution in [0.15, 0.2) is 60.7 Å². The van der Waals surface area contributed by atoms with Crippen molar-refractivity contribution in [2.75, 3.05) is 38.7 Å². The molecule has 1 saturated carbocycles. The number of phenolic OH excluding ortho intramolecular Hbond substituents is 1. The normalized spacial score (nSPS) is 17.4. The van der Waals surface area contributed by atoms with Crippen LogP contribution in [0.4, 0.5) is 5.69 Å². The zero-order valence-corrected chi connectivity index (χ0v) is 23.4. The molecule has 5 heteroatoms. The molecule has 0 spiro atoms. The molecule has 5 nitrogen and oxygen atoms in total. The second kappa shape index (κ2) is 13.7. The Hall–Kier alpha value is -3.18. The molecule has 0 amide bonds. The van der Waals surface area contributed by atoms with Crippen LogP contribution in [-0.4, -0.2) is 38.5 Å². The van der Waals surface area contributed by atoms with Crippen molar-refractivity contribution in [3.05, 3.63) is 82.9 Å². The third-order valence-electron chi connectivity index (χ3n) is 8.48. The lowest BCUT2D eigenvalue weighted by atomic mass is 9.79. The molecule has 3 aromatic carbocycles. The topological polar surface area (TPSA) is 62.8 Å². The van der Waals surface area contributed by atoms with Gasteiger partial charge in [0.15, 0.2) is 0 Å². The highest BCUT2D eigenvalue weighted by molar-refractivity contribution is 5.58. The van der Waals surface area contributed by atoms with E-state index in [0.717, 1.165) is 68.4 Å². The first-order chi connectivity index (χ1) is 19.2. The molecule has 2 aliphatic rings. The Morgan fingerprint density at radius 1 is 0.846 bits per heavy atom. The summed E-state index contributed by atoms with van der Waals surface area (Å²) in [6, 6.07) is 20.7. The number of methoxy groups -OCH3 is 1. The van der Waals surface area contributed by atoms with Crippen molar-refractivity contribution in [1.82, 2.24) is 5.32 Å². The number of benzene rings is 3. The fourth-order valence-electron chi connectivity index (χ4n) is 6.21. The zero-order chi connectivity index (χ0) is 26.9. The molecule has 39 heavy (non-hydrogen) atoms. The second-order valence-corrected chi connectivity index (χ2v) is 11.2. The minimum Gasteiger partial charge on any atom is -0.508 e. The van der Waals surface area contributed by atoms with Gasteiger partial charge in [0.05, 0.1) is 7.11 Å². The van der Waals surface area contributed by atoms with E-state index in [0.29, 0.717) is 18.3 Å². The Balaban J connectivity index is 1.10. The predicted octanol–water partition coefficient (Wildman–Crippen LogP) is 6.88. The van der Waals surface area contributed by atoms with Crippen molar-refractivity contribution in [3.63, 3.8) is 0 Å². The number of phenols is 1. The van der Waals surface area contributed by atoms with Gasteiger partial charge in [0.1, 0.15) is 23.9 Å². The maximum absolute atomic E-state index is 9.84. The van der Waals surface area contributed by atoms with Gasteiger partial charge < -0.3 is 25.2 Å². The summed E-state index contributed by atoms with van der Waals surface area (Å²) in [4.78, 5) is 0. The van der Waals surface area contributed by atoms with Crippen molar-refractivity contribution in [1.29, 1.82) is 0 Å². The molecule has 0 heterocycles. The minimum atomic E-state index is 0.362. The molecule has 0 aliphatic heterocycles. The van der Waals surface area contributed by atoms with Crippen LogP contribution in [0.2, 0.25) is 0 Å². The molecule has 0 aromatic heterocycles. The van der Waals surface area contributed by atoms with Gasteiger partial charge in [0.25, 0.3) is 0 Å². The molecule has 3 aromatic rings. The summed E-state index contributed by atoms with van der Waals surface area (Å²) in [6.07, 6.45) is 11.0. The second-order valence-electron chi connectivity index (χ2n) is 11.2. The Bertz CT molecular complexity index is 1190. The van der Waals surface area contributed by atoms with Crippen LogP contribution >= 0.6 is 0 Å². The van der Waals surface area contributed by atoms with Gasteiger partial charge in [-0.2, -0.15) is 0 Å². The first kappa shape index (κ1) is 27.4. The van der Waals surface area contributed by atoms with Crippen LogP contribution in [0.1, 0.15) is 66.7 Å². The van der Waals surface area contributed by atoms with Gasteiger partial charge in [-0.25, -0.2) is 0 Å². The Kier molecular flexibility index (Phi) is 9.66. The van der Waals surface area contributed by atoms with Crippen LogP contribution in [0.3, 0.4) is 0 Å². The highest BCUT2D eigenvalue weighted by Gasteiger charge is 2.23. The van der Waals surface area contributed by atoms with E-state index >= 15 is 0 Å². The van der Waals surface area contributed by atoms with Gasteiger partial charge in [0.2, 0.25) is 0 Å². The number of rotatable bonds is 12. The van der Waals surface area contributed by atoms with Crippen molar-refractivity contribution >= 4 is 5.69 Å². The number of aromatic hydroxyl groups is 1. The number of aryl methyl sites for hydroxylation is 1. The quantitative estimate of drug-likeness (QED) is 0.224. The molecule has 0 saturated heterocycles. The summed E-state index contributed by atoms with van der Waals surface area (Å²) in [6.45, 7) is 3.59. The molecule has 0 radical (unpaired) electrons. The van der Waals surface area contributed by atoms with E-state index in [4.69, 9.17) is 9.47 Å². The van der Waals surface area contributed by atoms with Gasteiger partial charge in [-0.05, 0) is 109 Å². The number of hydrogen-bond donors (Lipinski definition) is 3. The van der Waals surface area contributed by atoms with E-state index in [1.807, 2.05) is 6.07 Å². The van der Waals surface area contributed by atoms with E-state index in [1.54, 1.807) is 13.2 Å². The molecular formula is C34H44N2O3. The molecule has 0 bridgehead atoms. The first-order valence-electron chi connectivity index (χ1n) is 14.8. The SMILES string of the molecule is COc1ccc(C2CCc3cc(O)ccc3C2)c(NCCc2ccc(OCCNCC3CCCCC3)cc2)c1. The number of anilines is 1. The van der Waals surface area contributed by atoms with E-state index in [1.165, 1.54) is 54.4 Å². The fourth-order valence-corrected chi connectivity index (χ4v) is 6.21. The summed E-state index contributed by atoms with van der Waals surface area (Å²) in [5.41, 5.74) is 6.41. The predicted molar refractivity (Wildman–Crippen MR) is 159 cm³/mol. The van der Waals surface area contributed by atoms with Gasteiger partial charge in [-0.15, -0.1) is 0 Å². The number of hydrogen-bond acceptors (Lipinski definition) is 5. The molecule has 208 valence electrons. The van der Waals surface area contributed by atoms with E-state index < -0.39 is 0 Å². The molecule has 2 aliphatic carbocycles. The van der Waals surface area contributed by atoms with Gasteiger partial charge in [-0.1, -0.05) is 43.5 Å². The average molecular weight is 529 g/mol. The molecule has 1 atom stereocenters. The van der Waals surface area contributed by atoms with Crippen LogP contribution < -0.4 is 20.1 Å². The highest BCUT2D eigenvalue weighted by Crippen LogP contribution is 2.38. The molecule has 5 rings (SSSR count). The van der Waals surface area contributed by atoms with Crippen LogP contribution in [0.25, 0.3) is 0 Å². The lowest BCUT2D eigenvalue weighted by Gasteiger charge is -2.27. The Labute approximate surface area is 233 Å². The van der Waals surface area contributed by atoms with Crippen LogP contribution in [0, 0.1) is 5.92 Å². The van der Waals surface area contributed by atoms with Crippen molar-refractivity contribution in [2.24, 2.45) is 5.92 Å². The fraction of sp³-hybridized carbons (Fsp3) is 0.471. The van der Waals surface area contributed by atoms with E-state index in [2.05, 4.69) is 59.2 Å². The maximum atomic E-state index is 9.84. The monoisotopic (exact) mass is 528 g/mol. The molecular weight excluding hydrogens is 484 g/mol. The van der Waals surface area contributed by atoms with Gasteiger partial charge >= 0.3 is 0 Å². The third kappa shape index (κ3) is 7.69. The lowest BCUT2D eigenvalue weighted by molar-refractivity contribution is 0.294. The van der Waals surface area contributed by atoms with Crippen molar-refractivity contribution in [3.8, 4) is 17.2 Å². The molecule has 3 N–H and O–H groups in total. The van der Waals surface area contributed by atoms with Gasteiger partial charge in [-0.3, -0.25) is 0 Å². The smallest absolute Gasteiger partial charge is 0.120 e. The summed E-state index contributed by atoms with van der Waals surface area (Å²) < 4.78 is 11.5. The third-order valence-corrected chi connectivity index (χ3v) is 8.48. The number of fused-ring (bicyclic) bond motifs is 1. The first-order valence-corrected chi connectivity index (χ1v) is 14.8. The van der Waals surface area contributed by atoms with Crippen LogP contribution in [-0.2, 0) is 19.3 Å². The maximum Gasteiger partial charge on any atom is 0.120 e. The number of nitrogens with one attached hydrogen (secondary N) is 2. The van der Waals surface area contributed by atoms with E-state index in [9.17, 15) is 5.11 Å². The van der Waals surface area contributed by atoms with E-state index in [-0.39, 0.29) is 0 Å². The van der Waals surface area contributed by atoms with Crippen molar-refractivity contribution < 1.29 is 14.6 Å². The lowest BCUT2D eigenvalue weighted by Crippen LogP contribution is -2.28. The number of ether oxygens (including phenoxy) is 2. The highest BCUT2D eigenvalue weighted by atomic mass is 16.5. The summed E-state index contributed by atoms with van der Waals surface area (Å²) >= 11 is 0. The van der Waals surface area contributed by atoms with Crippen molar-refractivity contribution in [2.45, 2.75) is 63.7 Å². The van der Waals surface area contributed by atoms with Crippen LogP contribution in [0.5, 0.6) is 17.2 Å². The summed E-state index contributed by atoms with van der Waals surface area (Å²) in [7, 11) is 1.72. The standard InChI is InChI=1S/C34H44N2O3/c1-38-32-15-16-33(29-10-9-28-22-30(37)12-11-27(28)21-29)34(23-32)36-18-17-25-7-13-31(14-8-25)39-20-19-35-24-26-5-3-2-4-6-26/h7-8,11-16,22-23,26,29,35-37H,2-6,9-10,17-21,24H2,1H3. The summed E-state index contributed by atoms with van der Waals surface area (Å²) in [5, 5.41) is 17.1. The molecule has 1 fully saturated rings. The largest absolute Gasteiger partial charge is 0.508 e. The average Bonchev–Trinajstić information content (AvgIpc) is 2.98. The zero-order valence-electron chi connectivity index (χ0n) is 23.4. The summed E-state index contributed by atoms with van der Waals surface area (Å²) in [5.74, 6) is 3.48. The molecule has 1 unspecified atom stereocenters. The Morgan fingerprint density at radius 2 is 1.67 bits per heavy atom.